The fourth-order valence-electron chi connectivity index (χ4n) is 3.42. The van der Waals surface area contributed by atoms with E-state index in [-0.39, 0.29) is 13.2 Å². The summed E-state index contributed by atoms with van der Waals surface area (Å²) in [7, 11) is 0. The summed E-state index contributed by atoms with van der Waals surface area (Å²) in [4.78, 5) is 0. The molecule has 0 aromatic heterocycles. The fraction of sp³-hybridized carbons (Fsp3) is 1.00. The molecule has 3 heteroatoms. The van der Waals surface area contributed by atoms with Crippen molar-refractivity contribution < 1.29 is 14.9 Å². The Hall–Kier alpha value is -0.120. The molecule has 6 unspecified atom stereocenters. The zero-order valence-electron chi connectivity index (χ0n) is 6.89. The maximum Gasteiger partial charge on any atom is 0.0876 e. The number of ether oxygens (including phenoxy) is 1. The Morgan fingerprint density at radius 1 is 1.00 bits per heavy atom. The number of hydrogen-bond donors (Lipinski definition) is 2. The average molecular weight is 170 g/mol. The Morgan fingerprint density at radius 3 is 1.92 bits per heavy atom. The predicted octanol–water partition coefficient (Wildman–Crippen LogP) is -0.380. The van der Waals surface area contributed by atoms with Crippen molar-refractivity contribution in [3.63, 3.8) is 0 Å². The summed E-state index contributed by atoms with van der Waals surface area (Å²) in [5.41, 5.74) is 0. The molecule has 0 aromatic rings. The van der Waals surface area contributed by atoms with Crippen LogP contribution < -0.4 is 0 Å². The summed E-state index contributed by atoms with van der Waals surface area (Å²) in [6.45, 7) is 0.442. The van der Waals surface area contributed by atoms with E-state index in [0.29, 0.717) is 35.9 Å². The third kappa shape index (κ3) is 0.679. The van der Waals surface area contributed by atoms with Gasteiger partial charge in [0.05, 0.1) is 12.2 Å². The summed E-state index contributed by atoms with van der Waals surface area (Å²) in [5, 5.41) is 18.3. The largest absolute Gasteiger partial charge is 0.396 e. The van der Waals surface area contributed by atoms with Crippen molar-refractivity contribution in [1.82, 2.24) is 0 Å². The lowest BCUT2D eigenvalue weighted by Crippen LogP contribution is -2.32. The van der Waals surface area contributed by atoms with Crippen LogP contribution in [0.15, 0.2) is 0 Å². The second-order valence-electron chi connectivity index (χ2n) is 4.32. The number of hydrogen-bond acceptors (Lipinski definition) is 3. The van der Waals surface area contributed by atoms with Gasteiger partial charge < -0.3 is 14.9 Å². The molecule has 1 aliphatic heterocycles. The summed E-state index contributed by atoms with van der Waals surface area (Å²) < 4.78 is 5.48. The highest BCUT2D eigenvalue weighted by atomic mass is 16.6. The van der Waals surface area contributed by atoms with Crippen molar-refractivity contribution in [2.75, 3.05) is 13.2 Å². The van der Waals surface area contributed by atoms with Crippen LogP contribution in [0.25, 0.3) is 0 Å². The third-order valence-electron chi connectivity index (χ3n) is 4.02. The molecule has 0 aromatic carbocycles. The zero-order chi connectivity index (χ0) is 8.29. The van der Waals surface area contributed by atoms with Gasteiger partial charge in [-0.2, -0.15) is 0 Å². The molecule has 3 aliphatic rings. The molecule has 0 amide bonds. The van der Waals surface area contributed by atoms with E-state index >= 15 is 0 Å². The standard InChI is InChI=1S/C9H14O3/c10-2-6-4-1-5(7(6)3-11)9-8(4)12-9/h4-11H,1-3H2. The quantitative estimate of drug-likeness (QED) is 0.555. The molecular weight excluding hydrogens is 156 g/mol. The molecule has 68 valence electrons. The lowest BCUT2D eigenvalue weighted by molar-refractivity contribution is 0.0899. The second kappa shape index (κ2) is 2.22. The summed E-state index contributed by atoms with van der Waals surface area (Å²) >= 11 is 0. The molecule has 0 radical (unpaired) electrons. The number of fused-ring (bicyclic) bond motifs is 5. The Balaban J connectivity index is 1.86. The molecule has 3 rings (SSSR count). The first-order valence-electron chi connectivity index (χ1n) is 4.74. The van der Waals surface area contributed by atoms with Gasteiger partial charge in [-0.1, -0.05) is 0 Å². The van der Waals surface area contributed by atoms with Gasteiger partial charge in [-0.25, -0.2) is 0 Å². The van der Waals surface area contributed by atoms with Crippen LogP contribution in [0.1, 0.15) is 6.42 Å². The van der Waals surface area contributed by atoms with Gasteiger partial charge in [-0.05, 0) is 30.1 Å². The normalized spacial score (nSPS) is 60.5. The number of rotatable bonds is 2. The maximum atomic E-state index is 9.16. The van der Waals surface area contributed by atoms with Gasteiger partial charge in [-0.15, -0.1) is 0 Å². The minimum Gasteiger partial charge on any atom is -0.396 e. The van der Waals surface area contributed by atoms with Crippen LogP contribution in [0.5, 0.6) is 0 Å². The molecular formula is C9H14O3. The van der Waals surface area contributed by atoms with E-state index in [1.165, 1.54) is 6.42 Å². The van der Waals surface area contributed by atoms with Crippen molar-refractivity contribution in [2.24, 2.45) is 23.7 Å². The minimum atomic E-state index is 0.221. The summed E-state index contributed by atoms with van der Waals surface area (Å²) in [5.74, 6) is 1.71. The van der Waals surface area contributed by atoms with E-state index in [2.05, 4.69) is 0 Å². The Kier molecular flexibility index (Phi) is 1.35. The van der Waals surface area contributed by atoms with E-state index in [1.54, 1.807) is 0 Å². The molecule has 1 heterocycles. The van der Waals surface area contributed by atoms with E-state index in [9.17, 15) is 0 Å². The van der Waals surface area contributed by atoms with Gasteiger partial charge in [0.2, 0.25) is 0 Å². The molecule has 2 N–H and O–H groups in total. The van der Waals surface area contributed by atoms with E-state index in [1.807, 2.05) is 0 Å². The average Bonchev–Trinajstić information content (AvgIpc) is 2.73. The van der Waals surface area contributed by atoms with Gasteiger partial charge >= 0.3 is 0 Å². The summed E-state index contributed by atoms with van der Waals surface area (Å²) in [6.07, 6.45) is 2.05. The van der Waals surface area contributed by atoms with Crippen LogP contribution in [0.3, 0.4) is 0 Å². The monoisotopic (exact) mass is 170 g/mol. The highest BCUT2D eigenvalue weighted by Crippen LogP contribution is 2.61. The van der Waals surface area contributed by atoms with Gasteiger partial charge in [0.25, 0.3) is 0 Å². The van der Waals surface area contributed by atoms with Crippen molar-refractivity contribution in [3.8, 4) is 0 Å². The first kappa shape index (κ1) is 7.30. The van der Waals surface area contributed by atoms with Crippen molar-refractivity contribution in [2.45, 2.75) is 18.6 Å². The second-order valence-corrected chi connectivity index (χ2v) is 4.32. The third-order valence-corrected chi connectivity index (χ3v) is 4.02. The lowest BCUT2D eigenvalue weighted by Gasteiger charge is -2.25. The topological polar surface area (TPSA) is 53.0 Å². The van der Waals surface area contributed by atoms with Gasteiger partial charge in [-0.3, -0.25) is 0 Å². The molecule has 2 aliphatic carbocycles. The number of aliphatic hydroxyl groups excluding tert-OH is 2. The molecule has 12 heavy (non-hydrogen) atoms. The van der Waals surface area contributed by atoms with Crippen LogP contribution in [0.4, 0.5) is 0 Å². The van der Waals surface area contributed by atoms with Crippen LogP contribution in [-0.2, 0) is 4.74 Å². The minimum absolute atomic E-state index is 0.221. The lowest BCUT2D eigenvalue weighted by atomic mass is 9.80. The Morgan fingerprint density at radius 2 is 1.50 bits per heavy atom. The molecule has 3 fully saturated rings. The maximum absolute atomic E-state index is 9.16. The zero-order valence-corrected chi connectivity index (χ0v) is 6.89. The van der Waals surface area contributed by atoms with Gasteiger partial charge in [0, 0.05) is 13.2 Å². The molecule has 2 saturated carbocycles. The molecule has 3 nitrogen and oxygen atoms in total. The van der Waals surface area contributed by atoms with Crippen LogP contribution in [0.2, 0.25) is 0 Å². The van der Waals surface area contributed by atoms with Crippen LogP contribution >= 0.6 is 0 Å². The van der Waals surface area contributed by atoms with Crippen molar-refractivity contribution in [3.05, 3.63) is 0 Å². The van der Waals surface area contributed by atoms with Crippen molar-refractivity contribution in [1.29, 1.82) is 0 Å². The predicted molar refractivity (Wildman–Crippen MR) is 41.4 cm³/mol. The summed E-state index contributed by atoms with van der Waals surface area (Å²) in [6, 6.07) is 0. The molecule has 6 atom stereocenters. The molecule has 0 spiro atoms. The highest BCUT2D eigenvalue weighted by molar-refractivity contribution is 5.13. The first-order chi connectivity index (χ1) is 5.86. The Labute approximate surface area is 71.3 Å². The fourth-order valence-corrected chi connectivity index (χ4v) is 3.42. The molecule has 2 bridgehead atoms. The number of aliphatic hydroxyl groups is 2. The van der Waals surface area contributed by atoms with Crippen LogP contribution in [0, 0.1) is 23.7 Å². The van der Waals surface area contributed by atoms with Crippen LogP contribution in [-0.4, -0.2) is 35.6 Å². The molecule has 1 saturated heterocycles. The number of epoxide rings is 1. The first-order valence-corrected chi connectivity index (χ1v) is 4.74. The smallest absolute Gasteiger partial charge is 0.0876 e. The van der Waals surface area contributed by atoms with E-state index < -0.39 is 0 Å². The van der Waals surface area contributed by atoms with Crippen molar-refractivity contribution >= 4 is 0 Å². The van der Waals surface area contributed by atoms with E-state index in [4.69, 9.17) is 14.9 Å². The van der Waals surface area contributed by atoms with Gasteiger partial charge in [0.1, 0.15) is 0 Å². The Bertz CT molecular complexity index is 186. The van der Waals surface area contributed by atoms with Gasteiger partial charge in [0.15, 0.2) is 0 Å². The highest BCUT2D eigenvalue weighted by Gasteiger charge is 2.66. The van der Waals surface area contributed by atoms with E-state index in [0.717, 1.165) is 0 Å². The SMILES string of the molecule is OCC1C(CO)C2CC1C1OC21.